The zero-order chi connectivity index (χ0) is 15.5. The average Bonchev–Trinajstić information content (AvgIpc) is 2.40. The number of hydrogen-bond acceptors (Lipinski definition) is 2. The molecule has 0 amide bonds. The van der Waals surface area contributed by atoms with Crippen molar-refractivity contribution in [2.24, 2.45) is 0 Å². The third kappa shape index (κ3) is 4.61. The molecule has 112 valence electrons. The fourth-order valence-electron chi connectivity index (χ4n) is 1.92. The van der Waals surface area contributed by atoms with E-state index in [0.29, 0.717) is 11.1 Å². The lowest BCUT2D eigenvalue weighted by molar-refractivity contribution is 0.506. The summed E-state index contributed by atoms with van der Waals surface area (Å²) in [5.74, 6) is -2.11. The van der Waals surface area contributed by atoms with Crippen LogP contribution in [0.3, 0.4) is 0 Å². The van der Waals surface area contributed by atoms with E-state index in [0.717, 1.165) is 17.7 Å². The first kappa shape index (κ1) is 15.6. The molecule has 3 nitrogen and oxygen atoms in total. The first-order valence-electron chi connectivity index (χ1n) is 6.32. The van der Waals surface area contributed by atoms with Gasteiger partial charge in [0.15, 0.2) is 11.6 Å². The van der Waals surface area contributed by atoms with E-state index < -0.39 is 21.7 Å². The Hall–Kier alpha value is -1.79. The number of hydrogen-bond donors (Lipinski definition) is 1. The molecule has 6 heteroatoms. The fourth-order valence-corrected chi connectivity index (χ4v) is 3.02. The van der Waals surface area contributed by atoms with Crippen molar-refractivity contribution in [2.75, 3.05) is 0 Å². The zero-order valence-electron chi connectivity index (χ0n) is 11.4. The van der Waals surface area contributed by atoms with Crippen LogP contribution in [0.25, 0.3) is 0 Å². The number of nitrogens with one attached hydrogen (secondary N) is 1. The minimum atomic E-state index is -3.54. The monoisotopic (exact) mass is 311 g/mol. The van der Waals surface area contributed by atoms with Crippen molar-refractivity contribution in [2.45, 2.75) is 19.2 Å². The van der Waals surface area contributed by atoms with Crippen LogP contribution in [-0.4, -0.2) is 8.42 Å². The Labute approximate surface area is 122 Å². The maximum atomic E-state index is 13.0. The summed E-state index contributed by atoms with van der Waals surface area (Å²) < 4.78 is 52.1. The number of sulfonamides is 1. The van der Waals surface area contributed by atoms with E-state index in [4.69, 9.17) is 0 Å². The molecule has 0 bridgehead atoms. The second-order valence-electron chi connectivity index (χ2n) is 4.82. The Morgan fingerprint density at radius 3 is 2.43 bits per heavy atom. The van der Waals surface area contributed by atoms with Crippen molar-refractivity contribution in [1.29, 1.82) is 0 Å². The predicted octanol–water partition coefficient (Wildman–Crippen LogP) is 2.89. The summed E-state index contributed by atoms with van der Waals surface area (Å²) in [6.45, 7) is 1.80. The maximum absolute atomic E-state index is 13.0. The van der Waals surface area contributed by atoms with Gasteiger partial charge in [0.2, 0.25) is 10.0 Å². The number of rotatable bonds is 5. The molecule has 0 aromatic heterocycles. The molecule has 0 heterocycles. The van der Waals surface area contributed by atoms with Crippen LogP contribution in [0.15, 0.2) is 42.5 Å². The molecule has 0 unspecified atom stereocenters. The highest BCUT2D eigenvalue weighted by Gasteiger charge is 2.12. The average molecular weight is 311 g/mol. The van der Waals surface area contributed by atoms with Gasteiger partial charge < -0.3 is 0 Å². The summed E-state index contributed by atoms with van der Waals surface area (Å²) in [7, 11) is -3.54. The van der Waals surface area contributed by atoms with Crippen LogP contribution in [0.4, 0.5) is 8.78 Å². The van der Waals surface area contributed by atoms with E-state index in [1.54, 1.807) is 18.2 Å². The van der Waals surface area contributed by atoms with E-state index in [1.165, 1.54) is 6.07 Å². The summed E-state index contributed by atoms with van der Waals surface area (Å²) in [6.07, 6.45) is 0. The van der Waals surface area contributed by atoms with Gasteiger partial charge in [0, 0.05) is 6.54 Å². The van der Waals surface area contributed by atoms with Gasteiger partial charge in [-0.1, -0.05) is 35.9 Å². The third-order valence-electron chi connectivity index (χ3n) is 2.92. The van der Waals surface area contributed by atoms with Crippen LogP contribution in [0.2, 0.25) is 0 Å². The molecular formula is C15H15F2NO2S. The Bertz CT molecular complexity index is 745. The highest BCUT2D eigenvalue weighted by atomic mass is 32.2. The molecule has 0 aliphatic rings. The highest BCUT2D eigenvalue weighted by molar-refractivity contribution is 7.88. The summed E-state index contributed by atoms with van der Waals surface area (Å²) in [5, 5.41) is 0. The lowest BCUT2D eigenvalue weighted by Crippen LogP contribution is -2.24. The minimum Gasteiger partial charge on any atom is -0.212 e. The normalized spacial score (nSPS) is 11.6. The van der Waals surface area contributed by atoms with Gasteiger partial charge in [-0.25, -0.2) is 21.9 Å². The lowest BCUT2D eigenvalue weighted by Gasteiger charge is -2.08. The Morgan fingerprint density at radius 1 is 1.00 bits per heavy atom. The van der Waals surface area contributed by atoms with Gasteiger partial charge in [-0.3, -0.25) is 0 Å². The molecule has 0 atom stereocenters. The molecule has 0 saturated heterocycles. The first-order chi connectivity index (χ1) is 9.85. The van der Waals surface area contributed by atoms with Crippen molar-refractivity contribution in [1.82, 2.24) is 4.72 Å². The molecule has 2 rings (SSSR count). The maximum Gasteiger partial charge on any atom is 0.216 e. The van der Waals surface area contributed by atoms with E-state index in [1.807, 2.05) is 13.0 Å². The minimum absolute atomic E-state index is 0.0780. The van der Waals surface area contributed by atoms with Gasteiger partial charge in [-0.2, -0.15) is 0 Å². The van der Waals surface area contributed by atoms with Crippen molar-refractivity contribution in [3.05, 3.63) is 70.8 Å². The Kier molecular flexibility index (Phi) is 4.69. The molecule has 0 spiro atoms. The number of benzene rings is 2. The molecule has 1 N–H and O–H groups in total. The van der Waals surface area contributed by atoms with Gasteiger partial charge in [-0.15, -0.1) is 0 Å². The summed E-state index contributed by atoms with van der Waals surface area (Å²) in [4.78, 5) is 0. The number of aryl methyl sites for hydroxylation is 1. The van der Waals surface area contributed by atoms with Gasteiger partial charge >= 0.3 is 0 Å². The van der Waals surface area contributed by atoms with E-state index >= 15 is 0 Å². The molecule has 0 saturated carbocycles. The van der Waals surface area contributed by atoms with Crippen molar-refractivity contribution in [3.63, 3.8) is 0 Å². The topological polar surface area (TPSA) is 46.2 Å². The van der Waals surface area contributed by atoms with Gasteiger partial charge in [0.1, 0.15) is 0 Å². The van der Waals surface area contributed by atoms with Crippen LogP contribution in [0.5, 0.6) is 0 Å². The lowest BCUT2D eigenvalue weighted by atomic mass is 10.2. The van der Waals surface area contributed by atoms with Crippen molar-refractivity contribution in [3.8, 4) is 0 Å². The van der Waals surface area contributed by atoms with Crippen LogP contribution >= 0.6 is 0 Å². The predicted molar refractivity (Wildman–Crippen MR) is 77.0 cm³/mol. The van der Waals surface area contributed by atoms with Crippen LogP contribution in [-0.2, 0) is 22.3 Å². The molecule has 0 fully saturated rings. The van der Waals surface area contributed by atoms with Crippen molar-refractivity contribution < 1.29 is 17.2 Å². The largest absolute Gasteiger partial charge is 0.216 e. The smallest absolute Gasteiger partial charge is 0.212 e. The molecule has 2 aromatic rings. The summed E-state index contributed by atoms with van der Waals surface area (Å²) in [5.41, 5.74) is 2.01. The molecule has 2 aromatic carbocycles. The van der Waals surface area contributed by atoms with Crippen LogP contribution in [0, 0.1) is 18.6 Å². The van der Waals surface area contributed by atoms with Crippen LogP contribution in [0.1, 0.15) is 16.7 Å². The van der Waals surface area contributed by atoms with Gasteiger partial charge in [0.05, 0.1) is 5.75 Å². The van der Waals surface area contributed by atoms with Crippen molar-refractivity contribution >= 4 is 10.0 Å². The molecule has 0 aliphatic heterocycles. The number of halogens is 2. The quantitative estimate of drug-likeness (QED) is 0.923. The zero-order valence-corrected chi connectivity index (χ0v) is 12.3. The summed E-state index contributed by atoms with van der Waals surface area (Å²) >= 11 is 0. The summed E-state index contributed by atoms with van der Waals surface area (Å²) in [6, 6.07) is 10.5. The molecule has 21 heavy (non-hydrogen) atoms. The Morgan fingerprint density at radius 2 is 1.76 bits per heavy atom. The second kappa shape index (κ2) is 6.32. The van der Waals surface area contributed by atoms with E-state index in [9.17, 15) is 17.2 Å². The van der Waals surface area contributed by atoms with E-state index in [2.05, 4.69) is 4.72 Å². The highest BCUT2D eigenvalue weighted by Crippen LogP contribution is 2.11. The van der Waals surface area contributed by atoms with Gasteiger partial charge in [-0.05, 0) is 30.2 Å². The first-order valence-corrected chi connectivity index (χ1v) is 7.98. The van der Waals surface area contributed by atoms with Gasteiger partial charge in [0.25, 0.3) is 0 Å². The second-order valence-corrected chi connectivity index (χ2v) is 6.62. The molecular weight excluding hydrogens is 296 g/mol. The standard InChI is InChI=1S/C15H15F2NO2S/c1-11-3-2-4-13(7-11)10-21(19,20)18-9-12-5-6-14(16)15(17)8-12/h2-8,18H,9-10H2,1H3. The van der Waals surface area contributed by atoms with E-state index in [-0.39, 0.29) is 12.3 Å². The SMILES string of the molecule is Cc1cccc(CS(=O)(=O)NCc2ccc(F)c(F)c2)c1. The van der Waals surface area contributed by atoms with Crippen LogP contribution < -0.4 is 4.72 Å². The molecule has 0 radical (unpaired) electrons. The third-order valence-corrected chi connectivity index (χ3v) is 4.22. The fraction of sp³-hybridized carbons (Fsp3) is 0.200. The Balaban J connectivity index is 2.02. The molecule has 0 aliphatic carbocycles.